The zero-order valence-corrected chi connectivity index (χ0v) is 22.4. The van der Waals surface area contributed by atoms with Crippen molar-refractivity contribution in [3.8, 4) is 28.4 Å². The molecular weight excluding hydrogens is 551 g/mol. The number of hydrogen-bond acceptors (Lipinski definition) is 8. The number of anilines is 1. The van der Waals surface area contributed by atoms with Crippen LogP contribution in [-0.2, 0) is 10.0 Å². The molecule has 196 valence electrons. The van der Waals surface area contributed by atoms with E-state index in [2.05, 4.69) is 20.0 Å². The Morgan fingerprint density at radius 2 is 1.92 bits per heavy atom. The molecule has 5 aromatic rings. The number of halogens is 2. The molecule has 0 saturated carbocycles. The number of thiazole rings is 1. The Morgan fingerprint density at radius 3 is 2.71 bits per heavy atom. The highest BCUT2D eigenvalue weighted by Gasteiger charge is 2.20. The molecule has 9 nitrogen and oxygen atoms in total. The van der Waals surface area contributed by atoms with Gasteiger partial charge in [0.2, 0.25) is 16.0 Å². The molecule has 0 bridgehead atoms. The minimum atomic E-state index is -3.62. The fourth-order valence-corrected chi connectivity index (χ4v) is 5.72. The van der Waals surface area contributed by atoms with Crippen LogP contribution in [0.25, 0.3) is 27.6 Å². The molecule has 2 N–H and O–H groups in total. The second-order valence-electron chi connectivity index (χ2n) is 8.11. The SMILES string of the molecule is COc1cc(-c2nc3sccn3c2-c2ccnc(NCCCNS(=O)(=O)c3ccc(Cl)cc3)n2)ccc1F. The predicted molar refractivity (Wildman–Crippen MR) is 146 cm³/mol. The van der Waals surface area contributed by atoms with Crippen molar-refractivity contribution in [1.29, 1.82) is 0 Å². The van der Waals surface area contributed by atoms with E-state index < -0.39 is 15.8 Å². The van der Waals surface area contributed by atoms with Crippen LogP contribution in [0.15, 0.2) is 71.2 Å². The maximum Gasteiger partial charge on any atom is 0.240 e. The second-order valence-corrected chi connectivity index (χ2v) is 11.2. The summed E-state index contributed by atoms with van der Waals surface area (Å²) in [5.74, 6) is 0.0557. The molecule has 0 atom stereocenters. The van der Waals surface area contributed by atoms with Gasteiger partial charge in [0.05, 0.1) is 23.4 Å². The molecule has 0 unspecified atom stereocenters. The highest BCUT2D eigenvalue weighted by molar-refractivity contribution is 7.89. The standard InChI is InChI=1S/C25H22ClFN6O3S2/c1-36-21-15-16(3-8-19(21)27)22-23(33-13-14-37-25(33)32-22)20-9-12-29-24(31-20)28-10-2-11-30-38(34,35)18-6-4-17(26)5-7-18/h3-9,12-15,30H,2,10-11H2,1H3,(H,28,29,31). The van der Waals surface area contributed by atoms with Gasteiger partial charge in [-0.15, -0.1) is 11.3 Å². The van der Waals surface area contributed by atoms with Gasteiger partial charge in [0.1, 0.15) is 5.69 Å². The first-order valence-corrected chi connectivity index (χ1v) is 14.2. The summed E-state index contributed by atoms with van der Waals surface area (Å²) < 4.78 is 48.5. The Kier molecular flexibility index (Phi) is 7.56. The van der Waals surface area contributed by atoms with Crippen LogP contribution in [0.5, 0.6) is 5.75 Å². The van der Waals surface area contributed by atoms with Crippen molar-refractivity contribution in [1.82, 2.24) is 24.1 Å². The molecule has 0 aliphatic carbocycles. The Bertz CT molecular complexity index is 1690. The third-order valence-corrected chi connectivity index (χ3v) is 8.12. The van der Waals surface area contributed by atoms with E-state index in [1.807, 2.05) is 16.0 Å². The number of methoxy groups -OCH3 is 1. The van der Waals surface area contributed by atoms with Gasteiger partial charge >= 0.3 is 0 Å². The highest BCUT2D eigenvalue weighted by Crippen LogP contribution is 2.35. The van der Waals surface area contributed by atoms with E-state index in [1.165, 1.54) is 48.8 Å². The Labute approximate surface area is 227 Å². The number of fused-ring (bicyclic) bond motifs is 1. The van der Waals surface area contributed by atoms with E-state index >= 15 is 0 Å². The van der Waals surface area contributed by atoms with E-state index in [0.717, 1.165) is 10.7 Å². The lowest BCUT2D eigenvalue weighted by atomic mass is 10.1. The highest BCUT2D eigenvalue weighted by atomic mass is 35.5. The van der Waals surface area contributed by atoms with Crippen LogP contribution in [0.4, 0.5) is 10.3 Å². The molecule has 0 saturated heterocycles. The Hall–Kier alpha value is -3.58. The van der Waals surface area contributed by atoms with Crippen LogP contribution in [0.1, 0.15) is 6.42 Å². The summed E-state index contributed by atoms with van der Waals surface area (Å²) in [6.07, 6.45) is 4.03. The van der Waals surface area contributed by atoms with Crippen molar-refractivity contribution in [2.75, 3.05) is 25.5 Å². The summed E-state index contributed by atoms with van der Waals surface area (Å²) >= 11 is 7.31. The number of sulfonamides is 1. The van der Waals surface area contributed by atoms with Crippen LogP contribution < -0.4 is 14.8 Å². The van der Waals surface area contributed by atoms with Gasteiger partial charge in [-0.3, -0.25) is 4.40 Å². The molecule has 2 aromatic carbocycles. The van der Waals surface area contributed by atoms with E-state index in [-0.39, 0.29) is 17.2 Å². The minimum Gasteiger partial charge on any atom is -0.494 e. The molecule has 0 aliphatic rings. The van der Waals surface area contributed by atoms with Crippen LogP contribution in [0.3, 0.4) is 0 Å². The lowest BCUT2D eigenvalue weighted by Gasteiger charge is -2.10. The summed E-state index contributed by atoms with van der Waals surface area (Å²) in [4.78, 5) is 14.6. The molecule has 0 radical (unpaired) electrons. The normalized spacial score (nSPS) is 11.7. The Morgan fingerprint density at radius 1 is 1.11 bits per heavy atom. The van der Waals surface area contributed by atoms with Crippen molar-refractivity contribution in [3.05, 3.63) is 77.1 Å². The topological polar surface area (TPSA) is 111 Å². The monoisotopic (exact) mass is 572 g/mol. The lowest BCUT2D eigenvalue weighted by molar-refractivity contribution is 0.387. The van der Waals surface area contributed by atoms with E-state index in [1.54, 1.807) is 24.4 Å². The van der Waals surface area contributed by atoms with Gasteiger partial charge in [0.15, 0.2) is 16.5 Å². The zero-order chi connectivity index (χ0) is 26.7. The zero-order valence-electron chi connectivity index (χ0n) is 20.1. The minimum absolute atomic E-state index is 0.126. The van der Waals surface area contributed by atoms with Gasteiger partial charge in [-0.05, 0) is 55.0 Å². The number of ether oxygens (including phenoxy) is 1. The molecular formula is C25H22ClFN6O3S2. The molecule has 0 fully saturated rings. The number of benzene rings is 2. The fraction of sp³-hybridized carbons (Fsp3) is 0.160. The second kappa shape index (κ2) is 11.0. The Balaban J connectivity index is 1.30. The molecule has 13 heteroatoms. The molecule has 38 heavy (non-hydrogen) atoms. The van der Waals surface area contributed by atoms with Crippen molar-refractivity contribution < 1.29 is 17.5 Å². The summed E-state index contributed by atoms with van der Waals surface area (Å²) in [5.41, 5.74) is 2.68. The summed E-state index contributed by atoms with van der Waals surface area (Å²) in [7, 11) is -2.20. The number of nitrogens with zero attached hydrogens (tertiary/aromatic N) is 4. The first kappa shape index (κ1) is 26.0. The maximum atomic E-state index is 14.0. The number of hydrogen-bond donors (Lipinski definition) is 2. The van der Waals surface area contributed by atoms with Gasteiger partial charge in [-0.1, -0.05) is 11.6 Å². The molecule has 0 aliphatic heterocycles. The summed E-state index contributed by atoms with van der Waals surface area (Å²) in [6, 6.07) is 12.4. The first-order chi connectivity index (χ1) is 18.4. The van der Waals surface area contributed by atoms with Crippen LogP contribution >= 0.6 is 22.9 Å². The molecule has 3 aromatic heterocycles. The number of rotatable bonds is 10. The van der Waals surface area contributed by atoms with Crippen molar-refractivity contribution in [2.45, 2.75) is 11.3 Å². The van der Waals surface area contributed by atoms with Crippen LogP contribution in [-0.4, -0.2) is 48.0 Å². The third-order valence-electron chi connectivity index (χ3n) is 5.64. The maximum absolute atomic E-state index is 14.0. The van der Waals surface area contributed by atoms with Gasteiger partial charge in [0, 0.05) is 41.4 Å². The van der Waals surface area contributed by atoms with Gasteiger partial charge in [0.25, 0.3) is 0 Å². The molecule has 5 rings (SSSR count). The van der Waals surface area contributed by atoms with Crippen LogP contribution in [0.2, 0.25) is 5.02 Å². The average molecular weight is 573 g/mol. The predicted octanol–water partition coefficient (Wildman–Crippen LogP) is 5.10. The first-order valence-electron chi connectivity index (χ1n) is 11.5. The summed E-state index contributed by atoms with van der Waals surface area (Å²) in [6.45, 7) is 0.668. The van der Waals surface area contributed by atoms with Gasteiger partial charge in [-0.2, -0.15) is 0 Å². The van der Waals surface area contributed by atoms with Crippen molar-refractivity contribution >= 4 is 43.9 Å². The largest absolute Gasteiger partial charge is 0.494 e. The number of imidazole rings is 1. The molecule has 3 heterocycles. The van der Waals surface area contributed by atoms with Gasteiger partial charge in [-0.25, -0.2) is 32.5 Å². The average Bonchev–Trinajstić information content (AvgIpc) is 3.51. The van der Waals surface area contributed by atoms with E-state index in [9.17, 15) is 12.8 Å². The smallest absolute Gasteiger partial charge is 0.240 e. The number of nitrogens with one attached hydrogen (secondary N) is 2. The van der Waals surface area contributed by atoms with Gasteiger partial charge < -0.3 is 10.1 Å². The molecule has 0 amide bonds. The van der Waals surface area contributed by atoms with Crippen molar-refractivity contribution in [3.63, 3.8) is 0 Å². The number of aromatic nitrogens is 4. The molecule has 0 spiro atoms. The quantitative estimate of drug-likeness (QED) is 0.224. The lowest BCUT2D eigenvalue weighted by Crippen LogP contribution is -2.26. The van der Waals surface area contributed by atoms with Crippen molar-refractivity contribution in [2.24, 2.45) is 0 Å². The van der Waals surface area contributed by atoms with E-state index in [0.29, 0.717) is 40.9 Å². The van der Waals surface area contributed by atoms with Crippen LogP contribution in [0, 0.1) is 5.82 Å². The van der Waals surface area contributed by atoms with E-state index in [4.69, 9.17) is 21.3 Å². The summed E-state index contributed by atoms with van der Waals surface area (Å²) in [5, 5.41) is 5.53. The fourth-order valence-electron chi connectivity index (χ4n) is 3.81. The third kappa shape index (κ3) is 5.48.